The second-order valence-electron chi connectivity index (χ2n) is 7.50. The standard InChI is InChI=1S/C24H44O4/c1-3-5-7-9-10-11-12-13-14-15-16-18-22-28-24(26)20-19-23(25)27-21-17-8-6-4-2/h6,8H,3-5,7,9-22H2,1-2H3/b8-6-. The van der Waals surface area contributed by atoms with E-state index in [2.05, 4.69) is 13.8 Å². The maximum Gasteiger partial charge on any atom is 0.306 e. The molecule has 0 bridgehead atoms. The number of hydrogen-bond donors (Lipinski definition) is 0. The number of unbranched alkanes of at least 4 members (excludes halogenated alkanes) is 11. The molecule has 0 aliphatic heterocycles. The highest BCUT2D eigenvalue weighted by Crippen LogP contribution is 2.12. The molecule has 0 aromatic rings. The van der Waals surface area contributed by atoms with Crippen molar-refractivity contribution in [3.63, 3.8) is 0 Å². The van der Waals surface area contributed by atoms with Gasteiger partial charge < -0.3 is 9.47 Å². The molecule has 0 rings (SSSR count). The van der Waals surface area contributed by atoms with Gasteiger partial charge in [-0.3, -0.25) is 9.59 Å². The lowest BCUT2D eigenvalue weighted by atomic mass is 10.1. The Morgan fingerprint density at radius 1 is 0.607 bits per heavy atom. The van der Waals surface area contributed by atoms with E-state index in [-0.39, 0.29) is 24.8 Å². The molecule has 0 N–H and O–H groups in total. The molecule has 4 heteroatoms. The van der Waals surface area contributed by atoms with Crippen molar-refractivity contribution in [2.45, 2.75) is 117 Å². The van der Waals surface area contributed by atoms with Gasteiger partial charge in [0.25, 0.3) is 0 Å². The molecule has 0 amide bonds. The van der Waals surface area contributed by atoms with Crippen LogP contribution < -0.4 is 0 Å². The summed E-state index contributed by atoms with van der Waals surface area (Å²) in [5.41, 5.74) is 0. The molecule has 0 fully saturated rings. The molecule has 4 nitrogen and oxygen atoms in total. The summed E-state index contributed by atoms with van der Waals surface area (Å²) in [5.74, 6) is -0.627. The molecule has 0 aliphatic carbocycles. The van der Waals surface area contributed by atoms with E-state index in [4.69, 9.17) is 9.47 Å². The number of allylic oxidation sites excluding steroid dienone is 1. The van der Waals surface area contributed by atoms with E-state index in [0.717, 1.165) is 25.7 Å². The topological polar surface area (TPSA) is 52.6 Å². The third-order valence-corrected chi connectivity index (χ3v) is 4.74. The third kappa shape index (κ3) is 21.0. The lowest BCUT2D eigenvalue weighted by Gasteiger charge is -2.06. The number of carbonyl (C=O) groups excluding carboxylic acids is 2. The van der Waals surface area contributed by atoms with Crippen LogP contribution in [0.25, 0.3) is 0 Å². The van der Waals surface area contributed by atoms with Crippen LogP contribution in [-0.4, -0.2) is 25.2 Å². The third-order valence-electron chi connectivity index (χ3n) is 4.74. The van der Waals surface area contributed by atoms with Gasteiger partial charge in [0, 0.05) is 0 Å². The Balaban J connectivity index is 3.30. The van der Waals surface area contributed by atoms with Gasteiger partial charge in [-0.25, -0.2) is 0 Å². The first-order chi connectivity index (χ1) is 13.7. The second-order valence-corrected chi connectivity index (χ2v) is 7.50. The summed E-state index contributed by atoms with van der Waals surface area (Å²) in [6.45, 7) is 5.16. The van der Waals surface area contributed by atoms with E-state index in [1.54, 1.807) is 0 Å². The molecule has 0 unspecified atom stereocenters. The minimum atomic E-state index is -0.327. The van der Waals surface area contributed by atoms with Gasteiger partial charge in [0.2, 0.25) is 0 Å². The highest BCUT2D eigenvalue weighted by Gasteiger charge is 2.08. The van der Waals surface area contributed by atoms with Crippen molar-refractivity contribution in [3.8, 4) is 0 Å². The van der Waals surface area contributed by atoms with Gasteiger partial charge >= 0.3 is 11.9 Å². The van der Waals surface area contributed by atoms with E-state index < -0.39 is 0 Å². The predicted molar refractivity (Wildman–Crippen MR) is 116 cm³/mol. The van der Waals surface area contributed by atoms with Crippen molar-refractivity contribution in [3.05, 3.63) is 12.2 Å². The molecule has 0 aromatic carbocycles. The monoisotopic (exact) mass is 396 g/mol. The zero-order valence-corrected chi connectivity index (χ0v) is 18.5. The smallest absolute Gasteiger partial charge is 0.306 e. The van der Waals surface area contributed by atoms with Crippen molar-refractivity contribution in [1.82, 2.24) is 0 Å². The van der Waals surface area contributed by atoms with Crippen molar-refractivity contribution in [1.29, 1.82) is 0 Å². The Hall–Kier alpha value is -1.32. The molecule has 0 radical (unpaired) electrons. The van der Waals surface area contributed by atoms with E-state index in [1.165, 1.54) is 64.2 Å². The number of carbonyl (C=O) groups is 2. The summed E-state index contributed by atoms with van der Waals surface area (Å²) in [4.78, 5) is 23.1. The highest BCUT2D eigenvalue weighted by atomic mass is 16.5. The van der Waals surface area contributed by atoms with Crippen molar-refractivity contribution in [2.24, 2.45) is 0 Å². The van der Waals surface area contributed by atoms with E-state index in [1.807, 2.05) is 12.2 Å². The number of rotatable bonds is 20. The first kappa shape index (κ1) is 26.7. The lowest BCUT2D eigenvalue weighted by molar-refractivity contribution is -0.150. The Bertz CT molecular complexity index is 390. The van der Waals surface area contributed by atoms with Crippen LogP contribution >= 0.6 is 0 Å². The molecule has 28 heavy (non-hydrogen) atoms. The molecule has 0 saturated heterocycles. The highest BCUT2D eigenvalue weighted by molar-refractivity contribution is 5.77. The molecule has 0 spiro atoms. The SMILES string of the molecule is CC/C=C\CCOC(=O)CCC(=O)OCCCCCCCCCCCCCC. The maximum atomic E-state index is 11.6. The van der Waals surface area contributed by atoms with Crippen LogP contribution in [0.2, 0.25) is 0 Å². The van der Waals surface area contributed by atoms with Gasteiger partial charge in [-0.1, -0.05) is 96.6 Å². The first-order valence-corrected chi connectivity index (χ1v) is 11.7. The fraction of sp³-hybridized carbons (Fsp3) is 0.833. The zero-order chi connectivity index (χ0) is 20.7. The van der Waals surface area contributed by atoms with E-state index in [9.17, 15) is 9.59 Å². The quantitative estimate of drug-likeness (QED) is 0.127. The second kappa shape index (κ2) is 22.0. The van der Waals surface area contributed by atoms with E-state index >= 15 is 0 Å². The summed E-state index contributed by atoms with van der Waals surface area (Å²) in [6, 6.07) is 0. The lowest BCUT2D eigenvalue weighted by Crippen LogP contribution is -2.11. The van der Waals surface area contributed by atoms with Crippen LogP contribution in [0.1, 0.15) is 117 Å². The van der Waals surface area contributed by atoms with Crippen LogP contribution in [0.3, 0.4) is 0 Å². The van der Waals surface area contributed by atoms with Gasteiger partial charge in [0.15, 0.2) is 0 Å². The van der Waals surface area contributed by atoms with Crippen LogP contribution in [-0.2, 0) is 19.1 Å². The average molecular weight is 397 g/mol. The normalized spacial score (nSPS) is 11.1. The van der Waals surface area contributed by atoms with Crippen molar-refractivity contribution in [2.75, 3.05) is 13.2 Å². The van der Waals surface area contributed by atoms with E-state index in [0.29, 0.717) is 13.2 Å². The number of hydrogen-bond acceptors (Lipinski definition) is 4. The molecule has 164 valence electrons. The van der Waals surface area contributed by atoms with Gasteiger partial charge in [-0.2, -0.15) is 0 Å². The summed E-state index contributed by atoms with van der Waals surface area (Å²) in [6.07, 6.45) is 21.4. The summed E-state index contributed by atoms with van der Waals surface area (Å²) < 4.78 is 10.2. The van der Waals surface area contributed by atoms with Crippen molar-refractivity contribution < 1.29 is 19.1 Å². The summed E-state index contributed by atoms with van der Waals surface area (Å²) in [7, 11) is 0. The average Bonchev–Trinajstić information content (AvgIpc) is 2.69. The Morgan fingerprint density at radius 3 is 1.57 bits per heavy atom. The Morgan fingerprint density at radius 2 is 1.07 bits per heavy atom. The van der Waals surface area contributed by atoms with Crippen LogP contribution in [0.5, 0.6) is 0 Å². The molecule has 0 atom stereocenters. The van der Waals surface area contributed by atoms with Crippen LogP contribution in [0, 0.1) is 0 Å². The fourth-order valence-corrected chi connectivity index (χ4v) is 3.00. The molecular weight excluding hydrogens is 352 g/mol. The zero-order valence-electron chi connectivity index (χ0n) is 18.5. The molecule has 0 heterocycles. The molecule has 0 aromatic heterocycles. The first-order valence-electron chi connectivity index (χ1n) is 11.7. The minimum absolute atomic E-state index is 0.106. The number of esters is 2. The van der Waals surface area contributed by atoms with Crippen LogP contribution in [0.15, 0.2) is 12.2 Å². The largest absolute Gasteiger partial charge is 0.466 e. The summed E-state index contributed by atoms with van der Waals surface area (Å²) in [5, 5.41) is 0. The molecule has 0 saturated carbocycles. The Kier molecular flexibility index (Phi) is 20.9. The minimum Gasteiger partial charge on any atom is -0.466 e. The van der Waals surface area contributed by atoms with Gasteiger partial charge in [-0.15, -0.1) is 0 Å². The molecular formula is C24H44O4. The summed E-state index contributed by atoms with van der Waals surface area (Å²) >= 11 is 0. The number of ether oxygens (including phenoxy) is 2. The maximum absolute atomic E-state index is 11.6. The van der Waals surface area contributed by atoms with Gasteiger partial charge in [0.1, 0.15) is 0 Å². The van der Waals surface area contributed by atoms with Gasteiger partial charge in [0.05, 0.1) is 26.1 Å². The van der Waals surface area contributed by atoms with Gasteiger partial charge in [-0.05, 0) is 19.3 Å². The Labute approximate surface area is 173 Å². The van der Waals surface area contributed by atoms with Crippen LogP contribution in [0.4, 0.5) is 0 Å². The predicted octanol–water partition coefficient (Wildman–Crippen LogP) is 6.91. The van der Waals surface area contributed by atoms with Crippen molar-refractivity contribution >= 4 is 11.9 Å². The molecule has 0 aliphatic rings. The fourth-order valence-electron chi connectivity index (χ4n) is 3.00.